The van der Waals surface area contributed by atoms with Crippen LogP contribution in [0.3, 0.4) is 0 Å². The lowest BCUT2D eigenvalue weighted by Gasteiger charge is -2.22. The average Bonchev–Trinajstić information content (AvgIpc) is 3.24. The summed E-state index contributed by atoms with van der Waals surface area (Å²) in [6, 6.07) is 12.6. The number of hydrogen-bond acceptors (Lipinski definition) is 7. The highest BCUT2D eigenvalue weighted by molar-refractivity contribution is 14.1. The number of carbonyl (C=O) groups is 2. The van der Waals surface area contributed by atoms with Gasteiger partial charge in [-0.2, -0.15) is 0 Å². The van der Waals surface area contributed by atoms with E-state index >= 15 is 0 Å². The minimum Gasteiger partial charge on any atom is -0.342 e. The topological polar surface area (TPSA) is 132 Å². The van der Waals surface area contributed by atoms with Crippen LogP contribution in [0.4, 0.5) is 11.4 Å². The van der Waals surface area contributed by atoms with Crippen molar-refractivity contribution in [3.05, 3.63) is 73.6 Å². The molecule has 3 aromatic rings. The summed E-state index contributed by atoms with van der Waals surface area (Å²) in [6.07, 6.45) is 0. The molecule has 0 radical (unpaired) electrons. The summed E-state index contributed by atoms with van der Waals surface area (Å²) in [7, 11) is 0. The van der Waals surface area contributed by atoms with Crippen molar-refractivity contribution in [1.82, 2.24) is 20.1 Å². The summed E-state index contributed by atoms with van der Waals surface area (Å²) in [6.45, 7) is 6.35. The van der Waals surface area contributed by atoms with E-state index in [0.717, 1.165) is 9.26 Å². The van der Waals surface area contributed by atoms with Crippen molar-refractivity contribution >= 4 is 57.5 Å². The fourth-order valence-electron chi connectivity index (χ4n) is 3.31. The van der Waals surface area contributed by atoms with Gasteiger partial charge in [0.15, 0.2) is 11.0 Å². The van der Waals surface area contributed by atoms with E-state index in [2.05, 4.69) is 43.4 Å². The molecule has 35 heavy (non-hydrogen) atoms. The number of hydrogen-bond donors (Lipinski definition) is 2. The molecule has 0 spiro atoms. The molecule has 1 aromatic heterocycles. The number of carbonyl (C=O) groups excluding carboxylic acids is 2. The molecule has 0 aliphatic heterocycles. The zero-order valence-electron chi connectivity index (χ0n) is 19.4. The number of anilines is 1. The number of non-ortho nitro benzene ring substituents is 1. The molecule has 1 heterocycles. The molecule has 0 unspecified atom stereocenters. The van der Waals surface area contributed by atoms with Crippen LogP contribution in [-0.2, 0) is 11.3 Å². The van der Waals surface area contributed by atoms with Crippen LogP contribution in [0.15, 0.2) is 53.7 Å². The molecule has 0 fully saturated rings. The van der Waals surface area contributed by atoms with E-state index in [4.69, 9.17) is 0 Å². The molecule has 0 saturated carbocycles. The highest BCUT2D eigenvalue weighted by Crippen LogP contribution is 2.26. The maximum Gasteiger partial charge on any atom is 0.270 e. The highest BCUT2D eigenvalue weighted by Gasteiger charge is 2.26. The molecule has 12 heteroatoms. The standard InChI is InChI=1S/C23H25IN6O4S/c1-4-29-21(20(14(2)3)26-22(32)15-6-5-7-18(12-15)30(33)34)27-28-23(29)35-13-19(31)25-17-10-8-16(24)9-11-17/h5-12,14,20H,4,13H2,1-3H3,(H,25,31)(H,26,32)/t20-/m0/s1. The Morgan fingerprint density at radius 3 is 2.51 bits per heavy atom. The van der Waals surface area contributed by atoms with Gasteiger partial charge in [0, 0.05) is 33.5 Å². The predicted octanol–water partition coefficient (Wildman–Crippen LogP) is 4.67. The predicted molar refractivity (Wildman–Crippen MR) is 142 cm³/mol. The number of nitro benzene ring substituents is 1. The molecule has 0 bridgehead atoms. The molecular formula is C23H25IN6O4S. The average molecular weight is 608 g/mol. The molecule has 0 aliphatic carbocycles. The number of amides is 2. The Labute approximate surface area is 220 Å². The fourth-order valence-corrected chi connectivity index (χ4v) is 4.48. The molecule has 2 aromatic carbocycles. The maximum absolute atomic E-state index is 12.9. The maximum atomic E-state index is 12.9. The first-order chi connectivity index (χ1) is 16.7. The van der Waals surface area contributed by atoms with Gasteiger partial charge >= 0.3 is 0 Å². The number of thioether (sulfide) groups is 1. The molecule has 0 saturated heterocycles. The minimum absolute atomic E-state index is 0.0332. The van der Waals surface area contributed by atoms with Crippen LogP contribution in [0.5, 0.6) is 0 Å². The van der Waals surface area contributed by atoms with E-state index in [1.54, 1.807) is 0 Å². The molecule has 2 amide bonds. The van der Waals surface area contributed by atoms with Crippen LogP contribution in [0.1, 0.15) is 43.0 Å². The Kier molecular flexibility index (Phi) is 9.20. The summed E-state index contributed by atoms with van der Waals surface area (Å²) in [5, 5.41) is 26.0. The number of aromatic nitrogens is 3. The normalized spacial score (nSPS) is 11.8. The third kappa shape index (κ3) is 7.01. The van der Waals surface area contributed by atoms with Crippen molar-refractivity contribution < 1.29 is 14.5 Å². The first-order valence-electron chi connectivity index (χ1n) is 10.9. The molecule has 0 aliphatic rings. The van der Waals surface area contributed by atoms with E-state index in [0.29, 0.717) is 17.5 Å². The summed E-state index contributed by atoms with van der Waals surface area (Å²) >= 11 is 3.46. The second kappa shape index (κ2) is 12.1. The number of nitrogens with one attached hydrogen (secondary N) is 2. The smallest absolute Gasteiger partial charge is 0.270 e. The van der Waals surface area contributed by atoms with Crippen molar-refractivity contribution in [2.24, 2.45) is 5.92 Å². The number of nitrogens with zero attached hydrogens (tertiary/aromatic N) is 4. The lowest BCUT2D eigenvalue weighted by Crippen LogP contribution is -2.33. The van der Waals surface area contributed by atoms with Gasteiger partial charge in [0.05, 0.1) is 16.7 Å². The van der Waals surface area contributed by atoms with Gasteiger partial charge in [-0.3, -0.25) is 19.7 Å². The largest absolute Gasteiger partial charge is 0.342 e. The van der Waals surface area contributed by atoms with Gasteiger partial charge in [-0.05, 0) is 65.8 Å². The lowest BCUT2D eigenvalue weighted by molar-refractivity contribution is -0.384. The van der Waals surface area contributed by atoms with Gasteiger partial charge in [-0.25, -0.2) is 0 Å². The van der Waals surface area contributed by atoms with Gasteiger partial charge < -0.3 is 15.2 Å². The van der Waals surface area contributed by atoms with E-state index < -0.39 is 16.9 Å². The SMILES string of the molecule is CCn1c(SCC(=O)Nc2ccc(I)cc2)nnc1[C@@H](NC(=O)c1cccc([N+](=O)[O-])c1)C(C)C. The van der Waals surface area contributed by atoms with Gasteiger partial charge in [0.25, 0.3) is 11.6 Å². The van der Waals surface area contributed by atoms with Gasteiger partial charge in [-0.15, -0.1) is 10.2 Å². The minimum atomic E-state index is -0.539. The Morgan fingerprint density at radius 1 is 1.17 bits per heavy atom. The quantitative estimate of drug-likeness (QED) is 0.148. The zero-order valence-corrected chi connectivity index (χ0v) is 22.4. The molecule has 10 nitrogen and oxygen atoms in total. The van der Waals surface area contributed by atoms with Crippen molar-refractivity contribution in [2.75, 3.05) is 11.1 Å². The number of nitro groups is 1. The van der Waals surface area contributed by atoms with Crippen LogP contribution in [0.25, 0.3) is 0 Å². The molecule has 2 N–H and O–H groups in total. The van der Waals surface area contributed by atoms with E-state index in [1.165, 1.54) is 36.0 Å². The fraction of sp³-hybridized carbons (Fsp3) is 0.304. The summed E-state index contributed by atoms with van der Waals surface area (Å²) in [4.78, 5) is 35.8. The van der Waals surface area contributed by atoms with Crippen molar-refractivity contribution in [3.63, 3.8) is 0 Å². The van der Waals surface area contributed by atoms with Crippen LogP contribution in [-0.4, -0.2) is 37.3 Å². The second-order valence-electron chi connectivity index (χ2n) is 7.93. The van der Waals surface area contributed by atoms with E-state index in [-0.39, 0.29) is 28.8 Å². The molecule has 3 rings (SSSR count). The van der Waals surface area contributed by atoms with Gasteiger partial charge in [0.1, 0.15) is 0 Å². The van der Waals surface area contributed by atoms with Crippen LogP contribution >= 0.6 is 34.4 Å². The summed E-state index contributed by atoms with van der Waals surface area (Å²) in [5.74, 6) is 0.0687. The molecular weight excluding hydrogens is 583 g/mol. The Bertz CT molecular complexity index is 1210. The Balaban J connectivity index is 1.72. The number of halogens is 1. The van der Waals surface area contributed by atoms with E-state index in [1.807, 2.05) is 49.6 Å². The monoisotopic (exact) mass is 608 g/mol. The summed E-state index contributed by atoms with van der Waals surface area (Å²) in [5.41, 5.74) is 0.754. The van der Waals surface area contributed by atoms with Crippen molar-refractivity contribution in [3.8, 4) is 0 Å². The first kappa shape index (κ1) is 26.6. The molecule has 1 atom stereocenters. The second-order valence-corrected chi connectivity index (χ2v) is 10.1. The third-order valence-corrected chi connectivity index (χ3v) is 6.76. The number of benzene rings is 2. The highest BCUT2D eigenvalue weighted by atomic mass is 127. The van der Waals surface area contributed by atoms with Gasteiger partial charge in [0.2, 0.25) is 5.91 Å². The van der Waals surface area contributed by atoms with Crippen molar-refractivity contribution in [2.45, 2.75) is 38.5 Å². The molecule has 184 valence electrons. The Hall–Kier alpha value is -3.00. The van der Waals surface area contributed by atoms with Crippen molar-refractivity contribution in [1.29, 1.82) is 0 Å². The van der Waals surface area contributed by atoms with Gasteiger partial charge in [-0.1, -0.05) is 31.7 Å². The first-order valence-corrected chi connectivity index (χ1v) is 12.9. The third-order valence-electron chi connectivity index (χ3n) is 5.07. The Morgan fingerprint density at radius 2 is 1.89 bits per heavy atom. The van der Waals surface area contributed by atoms with Crippen LogP contribution in [0, 0.1) is 19.6 Å². The van der Waals surface area contributed by atoms with Crippen LogP contribution in [0.2, 0.25) is 0 Å². The van der Waals surface area contributed by atoms with Crippen LogP contribution < -0.4 is 10.6 Å². The zero-order chi connectivity index (χ0) is 25.5. The summed E-state index contributed by atoms with van der Waals surface area (Å²) < 4.78 is 2.94. The number of rotatable bonds is 10. The van der Waals surface area contributed by atoms with E-state index in [9.17, 15) is 19.7 Å². The lowest BCUT2D eigenvalue weighted by atomic mass is 10.0.